The van der Waals surface area contributed by atoms with E-state index in [9.17, 15) is 0 Å². The maximum atomic E-state index is 4.44. The molecule has 0 radical (unpaired) electrons. The van der Waals surface area contributed by atoms with Crippen LogP contribution in [0.1, 0.15) is 17.2 Å². The minimum Gasteiger partial charge on any atom is -0.349 e. The molecule has 3 rings (SSSR count). The van der Waals surface area contributed by atoms with Gasteiger partial charge in [0.2, 0.25) is 0 Å². The van der Waals surface area contributed by atoms with Crippen molar-refractivity contribution in [3.05, 3.63) is 59.9 Å². The highest BCUT2D eigenvalue weighted by Crippen LogP contribution is 2.09. The van der Waals surface area contributed by atoms with Gasteiger partial charge in [-0.1, -0.05) is 18.2 Å². The van der Waals surface area contributed by atoms with E-state index in [0.29, 0.717) is 13.1 Å². The lowest BCUT2D eigenvalue weighted by atomic mass is 10.3. The van der Waals surface area contributed by atoms with Gasteiger partial charge in [-0.05, 0) is 19.1 Å². The molecule has 0 amide bonds. The van der Waals surface area contributed by atoms with Crippen molar-refractivity contribution < 1.29 is 0 Å². The first-order chi connectivity index (χ1) is 12.6. The summed E-state index contributed by atoms with van der Waals surface area (Å²) < 4.78 is 3.84. The van der Waals surface area contributed by atoms with E-state index >= 15 is 0 Å². The zero-order valence-corrected chi connectivity index (χ0v) is 15.6. The number of aryl methyl sites for hydroxylation is 1. The third-order valence-corrected chi connectivity index (χ3v) is 4.24. The van der Waals surface area contributed by atoms with Crippen molar-refractivity contribution in [1.82, 2.24) is 34.8 Å². The van der Waals surface area contributed by atoms with Crippen molar-refractivity contribution in [3.63, 3.8) is 0 Å². The smallest absolute Gasteiger partial charge is 0.194 e. The molecule has 1 N–H and O–H groups in total. The maximum absolute atomic E-state index is 4.44. The Hall–Kier alpha value is -3.16. The summed E-state index contributed by atoms with van der Waals surface area (Å²) in [5.41, 5.74) is 2.15. The molecule has 0 aliphatic carbocycles. The second kappa shape index (κ2) is 7.81. The summed E-state index contributed by atoms with van der Waals surface area (Å²) in [6.07, 6.45) is 3.91. The highest BCUT2D eigenvalue weighted by molar-refractivity contribution is 5.79. The Balaban J connectivity index is 1.62. The fraction of sp³-hybridized carbons (Fsp3) is 0.333. The van der Waals surface area contributed by atoms with E-state index < -0.39 is 0 Å². The molecule has 136 valence electrons. The number of hydrogen-bond acceptors (Lipinski definition) is 4. The van der Waals surface area contributed by atoms with Crippen LogP contribution >= 0.6 is 0 Å². The van der Waals surface area contributed by atoms with Crippen LogP contribution in [0.4, 0.5) is 0 Å². The van der Waals surface area contributed by atoms with Crippen molar-refractivity contribution in [1.29, 1.82) is 0 Å². The monoisotopic (exact) mass is 352 g/mol. The molecule has 0 fully saturated rings. The number of nitrogens with zero attached hydrogens (tertiary/aromatic N) is 7. The first-order valence-electron chi connectivity index (χ1n) is 8.44. The lowest BCUT2D eigenvalue weighted by Gasteiger charge is -2.21. The number of para-hydroxylation sites is 1. The molecule has 0 spiro atoms. The van der Waals surface area contributed by atoms with Gasteiger partial charge in [0.25, 0.3) is 0 Å². The summed E-state index contributed by atoms with van der Waals surface area (Å²) in [5.74, 6) is 2.55. The van der Waals surface area contributed by atoms with Crippen LogP contribution in [0, 0.1) is 6.92 Å². The normalized spacial score (nSPS) is 11.6. The van der Waals surface area contributed by atoms with Gasteiger partial charge in [0.15, 0.2) is 11.8 Å². The summed E-state index contributed by atoms with van der Waals surface area (Å²) in [7, 11) is 5.72. The summed E-state index contributed by atoms with van der Waals surface area (Å²) in [6.45, 7) is 3.20. The van der Waals surface area contributed by atoms with Gasteiger partial charge >= 0.3 is 0 Å². The SMILES string of the molecule is CN=C(NCc1nnc(C)n1C)N(C)Cc1cnn(-c2ccccc2)c1. The number of benzene rings is 1. The molecular weight excluding hydrogens is 328 g/mol. The van der Waals surface area contributed by atoms with Crippen molar-refractivity contribution in [2.24, 2.45) is 12.0 Å². The topological polar surface area (TPSA) is 76.2 Å². The average Bonchev–Trinajstić information content (AvgIpc) is 3.24. The van der Waals surface area contributed by atoms with Gasteiger partial charge in [0.05, 0.1) is 18.4 Å². The average molecular weight is 352 g/mol. The van der Waals surface area contributed by atoms with Gasteiger partial charge in [0, 0.05) is 39.4 Å². The second-order valence-corrected chi connectivity index (χ2v) is 6.11. The highest BCUT2D eigenvalue weighted by atomic mass is 15.3. The summed E-state index contributed by atoms with van der Waals surface area (Å²) in [4.78, 5) is 6.40. The predicted molar refractivity (Wildman–Crippen MR) is 101 cm³/mol. The number of aromatic nitrogens is 5. The molecule has 2 aromatic heterocycles. The summed E-state index contributed by atoms with van der Waals surface area (Å²) in [6, 6.07) is 10.1. The Morgan fingerprint density at radius 3 is 2.65 bits per heavy atom. The lowest BCUT2D eigenvalue weighted by Crippen LogP contribution is -2.38. The van der Waals surface area contributed by atoms with E-state index in [1.54, 1.807) is 7.05 Å². The molecule has 8 heteroatoms. The maximum Gasteiger partial charge on any atom is 0.194 e. The molecule has 0 saturated carbocycles. The minimum absolute atomic E-state index is 0.567. The Kier molecular flexibility index (Phi) is 5.31. The zero-order chi connectivity index (χ0) is 18.5. The summed E-state index contributed by atoms with van der Waals surface area (Å²) in [5, 5.41) is 16.0. The van der Waals surface area contributed by atoms with Crippen molar-refractivity contribution >= 4 is 5.96 Å². The van der Waals surface area contributed by atoms with Gasteiger partial charge in [-0.25, -0.2) is 4.68 Å². The van der Waals surface area contributed by atoms with Gasteiger partial charge in [-0.2, -0.15) is 5.10 Å². The van der Waals surface area contributed by atoms with Gasteiger partial charge < -0.3 is 14.8 Å². The summed E-state index contributed by atoms with van der Waals surface area (Å²) >= 11 is 0. The molecule has 3 aromatic rings. The molecule has 0 bridgehead atoms. The van der Waals surface area contributed by atoms with Crippen LogP contribution in [0.3, 0.4) is 0 Å². The van der Waals surface area contributed by atoms with Gasteiger partial charge in [-0.15, -0.1) is 10.2 Å². The molecular formula is C18H24N8. The molecule has 0 aliphatic rings. The quantitative estimate of drug-likeness (QED) is 0.556. The Morgan fingerprint density at radius 2 is 2.00 bits per heavy atom. The lowest BCUT2D eigenvalue weighted by molar-refractivity contribution is 0.474. The fourth-order valence-corrected chi connectivity index (χ4v) is 2.66. The third-order valence-electron chi connectivity index (χ3n) is 4.24. The van der Waals surface area contributed by atoms with E-state index in [4.69, 9.17) is 0 Å². The van der Waals surface area contributed by atoms with Crippen LogP contribution in [0.25, 0.3) is 5.69 Å². The third kappa shape index (κ3) is 3.90. The molecule has 0 saturated heterocycles. The first kappa shape index (κ1) is 17.7. The number of hydrogen-bond donors (Lipinski definition) is 1. The second-order valence-electron chi connectivity index (χ2n) is 6.11. The Labute approximate surface area is 153 Å². The van der Waals surface area contributed by atoms with E-state index in [0.717, 1.165) is 28.9 Å². The van der Waals surface area contributed by atoms with Crippen molar-refractivity contribution in [2.75, 3.05) is 14.1 Å². The van der Waals surface area contributed by atoms with E-state index in [-0.39, 0.29) is 0 Å². The van der Waals surface area contributed by atoms with E-state index in [2.05, 4.69) is 30.5 Å². The van der Waals surface area contributed by atoms with Gasteiger partial charge in [0.1, 0.15) is 5.82 Å². The Morgan fingerprint density at radius 1 is 1.23 bits per heavy atom. The van der Waals surface area contributed by atoms with E-state index in [1.807, 2.05) is 73.0 Å². The number of aliphatic imine (C=N–C) groups is 1. The minimum atomic E-state index is 0.567. The predicted octanol–water partition coefficient (Wildman–Crippen LogP) is 1.52. The molecule has 1 aromatic carbocycles. The van der Waals surface area contributed by atoms with Crippen LogP contribution < -0.4 is 5.32 Å². The van der Waals surface area contributed by atoms with Crippen LogP contribution in [-0.4, -0.2) is 49.5 Å². The van der Waals surface area contributed by atoms with Crippen LogP contribution in [0.2, 0.25) is 0 Å². The molecule has 0 unspecified atom stereocenters. The standard InChI is InChI=1S/C18H24N8/c1-14-22-23-17(25(14)4)11-20-18(19-2)24(3)12-15-10-21-26(13-15)16-8-6-5-7-9-16/h5-10,13H,11-12H2,1-4H3,(H,19,20). The molecule has 26 heavy (non-hydrogen) atoms. The van der Waals surface area contributed by atoms with Crippen LogP contribution in [0.5, 0.6) is 0 Å². The fourth-order valence-electron chi connectivity index (χ4n) is 2.66. The highest BCUT2D eigenvalue weighted by Gasteiger charge is 2.11. The van der Waals surface area contributed by atoms with Crippen LogP contribution in [0.15, 0.2) is 47.7 Å². The Bertz CT molecular complexity index is 878. The number of nitrogens with one attached hydrogen (secondary N) is 1. The molecule has 0 aliphatic heterocycles. The van der Waals surface area contributed by atoms with E-state index in [1.165, 1.54) is 0 Å². The van der Waals surface area contributed by atoms with Crippen molar-refractivity contribution in [2.45, 2.75) is 20.0 Å². The first-order valence-corrected chi connectivity index (χ1v) is 8.44. The number of guanidine groups is 1. The zero-order valence-electron chi connectivity index (χ0n) is 15.6. The largest absolute Gasteiger partial charge is 0.349 e. The molecule has 0 atom stereocenters. The molecule has 8 nitrogen and oxygen atoms in total. The van der Waals surface area contributed by atoms with Crippen molar-refractivity contribution in [3.8, 4) is 5.69 Å². The van der Waals surface area contributed by atoms with Gasteiger partial charge in [-0.3, -0.25) is 4.99 Å². The van der Waals surface area contributed by atoms with Crippen LogP contribution in [-0.2, 0) is 20.1 Å². The number of rotatable bonds is 5. The molecule has 2 heterocycles.